The smallest absolute Gasteiger partial charge is 0.330 e. The molecule has 3 heterocycles. The molecule has 0 unspecified atom stereocenters. The molecular formula is C25H38N4O5. The minimum atomic E-state index is -1.09. The molecule has 3 amide bonds. The fourth-order valence-electron chi connectivity index (χ4n) is 4.58. The molecule has 0 aromatic heterocycles. The molecule has 1 aromatic rings. The summed E-state index contributed by atoms with van der Waals surface area (Å²) in [5.74, 6) is 1.16. The standard InChI is InChI=1S/C25H38N4O5/c1-20(2)8-13-34-22-6-4-21(5-7-22)25(3)23(30)28(18-26-9-14-32-15-10-26)24(31)29(25)19-27-11-16-33-17-12-27/h4-7,20H,8-19H2,1-3H3/t25-/m0/s1. The molecule has 0 aliphatic carbocycles. The highest BCUT2D eigenvalue weighted by atomic mass is 16.5. The van der Waals surface area contributed by atoms with E-state index in [1.54, 1.807) is 4.90 Å². The first-order valence-electron chi connectivity index (χ1n) is 12.4. The molecule has 9 heteroatoms. The van der Waals surface area contributed by atoms with Gasteiger partial charge in [-0.1, -0.05) is 26.0 Å². The Bertz CT molecular complexity index is 836. The average molecular weight is 475 g/mol. The summed E-state index contributed by atoms with van der Waals surface area (Å²) in [6.07, 6.45) is 0.982. The molecule has 0 N–H and O–H groups in total. The van der Waals surface area contributed by atoms with Crippen LogP contribution < -0.4 is 4.74 Å². The minimum absolute atomic E-state index is 0.189. The Balaban J connectivity index is 1.56. The zero-order chi connectivity index (χ0) is 24.1. The van der Waals surface area contributed by atoms with Crippen LogP contribution in [0.5, 0.6) is 5.75 Å². The third-order valence-electron chi connectivity index (χ3n) is 6.93. The summed E-state index contributed by atoms with van der Waals surface area (Å²) < 4.78 is 16.8. The summed E-state index contributed by atoms with van der Waals surface area (Å²) in [7, 11) is 0. The van der Waals surface area contributed by atoms with Crippen molar-refractivity contribution in [2.24, 2.45) is 5.92 Å². The normalized spacial score (nSPS) is 24.9. The molecule has 188 valence electrons. The predicted octanol–water partition coefficient (Wildman–Crippen LogP) is 2.17. The number of urea groups is 1. The van der Waals surface area contributed by atoms with Gasteiger partial charge < -0.3 is 14.2 Å². The molecular weight excluding hydrogens is 436 g/mol. The Morgan fingerprint density at radius 2 is 1.47 bits per heavy atom. The quantitative estimate of drug-likeness (QED) is 0.508. The van der Waals surface area contributed by atoms with E-state index in [1.807, 2.05) is 31.2 Å². The highest BCUT2D eigenvalue weighted by Crippen LogP contribution is 2.38. The van der Waals surface area contributed by atoms with Crippen molar-refractivity contribution in [2.75, 3.05) is 72.6 Å². The van der Waals surface area contributed by atoms with E-state index >= 15 is 0 Å². The number of nitrogens with zero attached hydrogens (tertiary/aromatic N) is 4. The number of rotatable bonds is 9. The van der Waals surface area contributed by atoms with E-state index in [1.165, 1.54) is 4.90 Å². The number of carbonyl (C=O) groups excluding carboxylic acids is 2. The van der Waals surface area contributed by atoms with Crippen LogP contribution in [0.2, 0.25) is 0 Å². The van der Waals surface area contributed by atoms with Crippen LogP contribution in [-0.2, 0) is 19.8 Å². The van der Waals surface area contributed by atoms with Crippen molar-refractivity contribution in [1.29, 1.82) is 0 Å². The van der Waals surface area contributed by atoms with Gasteiger partial charge in [-0.05, 0) is 37.0 Å². The first kappa shape index (κ1) is 24.9. The topological polar surface area (TPSA) is 74.8 Å². The average Bonchev–Trinajstić information content (AvgIpc) is 3.02. The Kier molecular flexibility index (Phi) is 8.08. The number of benzene rings is 1. The summed E-state index contributed by atoms with van der Waals surface area (Å²) in [6.45, 7) is 12.9. The number of morpholine rings is 2. The number of ether oxygens (including phenoxy) is 3. The van der Waals surface area contributed by atoms with Gasteiger partial charge in [-0.25, -0.2) is 9.69 Å². The van der Waals surface area contributed by atoms with Gasteiger partial charge in [0.1, 0.15) is 11.3 Å². The van der Waals surface area contributed by atoms with Gasteiger partial charge in [-0.3, -0.25) is 19.5 Å². The van der Waals surface area contributed by atoms with Crippen LogP contribution in [0.1, 0.15) is 32.8 Å². The predicted molar refractivity (Wildman–Crippen MR) is 127 cm³/mol. The van der Waals surface area contributed by atoms with Crippen LogP contribution >= 0.6 is 0 Å². The maximum Gasteiger partial charge on any atom is 0.330 e. The van der Waals surface area contributed by atoms with Crippen LogP contribution in [0.3, 0.4) is 0 Å². The summed E-state index contributed by atoms with van der Waals surface area (Å²) in [5, 5.41) is 0. The van der Waals surface area contributed by atoms with Gasteiger partial charge in [0, 0.05) is 26.2 Å². The maximum absolute atomic E-state index is 13.8. The van der Waals surface area contributed by atoms with E-state index in [9.17, 15) is 9.59 Å². The molecule has 0 saturated carbocycles. The molecule has 3 fully saturated rings. The molecule has 0 bridgehead atoms. The lowest BCUT2D eigenvalue weighted by Gasteiger charge is -2.37. The number of amides is 3. The molecule has 1 aromatic carbocycles. The van der Waals surface area contributed by atoms with Gasteiger partial charge in [-0.2, -0.15) is 0 Å². The Hall–Kier alpha value is -2.20. The number of hydrogen-bond acceptors (Lipinski definition) is 7. The monoisotopic (exact) mass is 474 g/mol. The van der Waals surface area contributed by atoms with Crippen LogP contribution in [0.15, 0.2) is 24.3 Å². The zero-order valence-electron chi connectivity index (χ0n) is 20.7. The number of imide groups is 1. The minimum Gasteiger partial charge on any atom is -0.494 e. The molecule has 1 atom stereocenters. The molecule has 0 spiro atoms. The second kappa shape index (κ2) is 11.0. The van der Waals surface area contributed by atoms with Crippen LogP contribution in [0.4, 0.5) is 4.79 Å². The van der Waals surface area contributed by atoms with Crippen molar-refractivity contribution in [3.05, 3.63) is 29.8 Å². The fraction of sp³-hybridized carbons (Fsp3) is 0.680. The third-order valence-corrected chi connectivity index (χ3v) is 6.93. The molecule has 3 aliphatic heterocycles. The lowest BCUT2D eigenvalue weighted by atomic mass is 9.90. The molecule has 9 nitrogen and oxygen atoms in total. The molecule has 3 saturated heterocycles. The summed E-state index contributed by atoms with van der Waals surface area (Å²) in [5.41, 5.74) is -0.294. The van der Waals surface area contributed by atoms with E-state index in [0.717, 1.165) is 30.8 Å². The molecule has 4 rings (SSSR count). The Morgan fingerprint density at radius 1 is 0.912 bits per heavy atom. The number of hydrogen-bond donors (Lipinski definition) is 0. The zero-order valence-corrected chi connectivity index (χ0v) is 20.7. The Morgan fingerprint density at radius 3 is 2.03 bits per heavy atom. The van der Waals surface area contributed by atoms with Gasteiger partial charge in [0.25, 0.3) is 5.91 Å². The summed E-state index contributed by atoms with van der Waals surface area (Å²) in [6, 6.07) is 7.38. The van der Waals surface area contributed by atoms with Crippen molar-refractivity contribution in [3.63, 3.8) is 0 Å². The van der Waals surface area contributed by atoms with Gasteiger partial charge in [0.2, 0.25) is 0 Å². The van der Waals surface area contributed by atoms with Crippen LogP contribution in [0, 0.1) is 5.92 Å². The van der Waals surface area contributed by atoms with Gasteiger partial charge in [0.05, 0.1) is 46.4 Å². The van der Waals surface area contributed by atoms with Crippen LogP contribution in [0.25, 0.3) is 0 Å². The largest absolute Gasteiger partial charge is 0.494 e. The second-order valence-electron chi connectivity index (χ2n) is 9.82. The Labute approximate surface area is 202 Å². The summed E-state index contributed by atoms with van der Waals surface area (Å²) in [4.78, 5) is 34.8. The van der Waals surface area contributed by atoms with E-state index in [2.05, 4.69) is 23.6 Å². The highest BCUT2D eigenvalue weighted by molar-refractivity contribution is 6.07. The lowest BCUT2D eigenvalue weighted by Crippen LogP contribution is -2.51. The van der Waals surface area contributed by atoms with Gasteiger partial charge >= 0.3 is 6.03 Å². The molecule has 0 radical (unpaired) electrons. The van der Waals surface area contributed by atoms with Crippen molar-refractivity contribution in [2.45, 2.75) is 32.7 Å². The van der Waals surface area contributed by atoms with Gasteiger partial charge in [-0.15, -0.1) is 0 Å². The first-order valence-corrected chi connectivity index (χ1v) is 12.4. The highest BCUT2D eigenvalue weighted by Gasteiger charge is 2.56. The van der Waals surface area contributed by atoms with Crippen molar-refractivity contribution in [3.8, 4) is 5.75 Å². The first-order chi connectivity index (χ1) is 16.4. The van der Waals surface area contributed by atoms with Gasteiger partial charge in [0.15, 0.2) is 0 Å². The molecule has 3 aliphatic rings. The second-order valence-corrected chi connectivity index (χ2v) is 9.82. The van der Waals surface area contributed by atoms with E-state index in [4.69, 9.17) is 14.2 Å². The lowest BCUT2D eigenvalue weighted by molar-refractivity contribution is -0.135. The third kappa shape index (κ3) is 5.38. The van der Waals surface area contributed by atoms with Crippen LogP contribution in [-0.4, -0.2) is 104 Å². The fourth-order valence-corrected chi connectivity index (χ4v) is 4.58. The maximum atomic E-state index is 13.8. The SMILES string of the molecule is CC(C)CCOc1ccc([C@@]2(C)C(=O)N(CN3CCOCC3)C(=O)N2CN2CCOCC2)cc1. The summed E-state index contributed by atoms with van der Waals surface area (Å²) >= 11 is 0. The molecule has 34 heavy (non-hydrogen) atoms. The van der Waals surface area contributed by atoms with Crippen molar-refractivity contribution < 1.29 is 23.8 Å². The van der Waals surface area contributed by atoms with E-state index < -0.39 is 5.54 Å². The van der Waals surface area contributed by atoms with E-state index in [-0.39, 0.29) is 18.6 Å². The number of carbonyl (C=O) groups is 2. The van der Waals surface area contributed by atoms with Crippen molar-refractivity contribution in [1.82, 2.24) is 19.6 Å². The van der Waals surface area contributed by atoms with Crippen molar-refractivity contribution >= 4 is 11.9 Å². The van der Waals surface area contributed by atoms with E-state index in [0.29, 0.717) is 58.7 Å².